The Balaban J connectivity index is 0.719. The van der Waals surface area contributed by atoms with Gasteiger partial charge in [0.25, 0.3) is 5.91 Å². The van der Waals surface area contributed by atoms with Crippen molar-refractivity contribution in [2.24, 2.45) is 36.6 Å². The quantitative estimate of drug-likeness (QED) is 0.0224. The second-order valence-electron chi connectivity index (χ2n) is 27.9. The molecule has 1 unspecified atom stereocenters. The summed E-state index contributed by atoms with van der Waals surface area (Å²) in [6, 6.07) is 72.1. The Kier molecular flexibility index (Phi) is 18.6. The van der Waals surface area contributed by atoms with Crippen LogP contribution in [-0.4, -0.2) is 36.2 Å². The number of amides is 1. The standard InChI is InChI=1S/C90H58F9N13O6/c91-88(92,93)52-18-13-47(14-19-52)86(118-100)69-44-49-16-41-67-64-8-2-5-11-72(64)103-78(67)75(49)81(84(69)114)109-106-57-30-36-61(37-31-57)112(60-34-28-56(29-35-60)105-108-80-74-48(15-40-66-63-7-1-4-10-71(63)102-77(66)74)43-51(83(80)113)46-117-111-59-26-22-54(23-27-59)90(97,98)99)62-38-32-58(33-39-62)107-110-82-76-50(17-42-68-65-9-3-6-12-73(65)104-79(68)76)45-70(85(82)115)87(116)101-55-24-20-53(21-25-55)89(94,95)96/h1-45,86,102-104,111,113-115H,46,100H2,(H,101,116). The zero-order valence-electron chi connectivity index (χ0n) is 60.9. The summed E-state index contributed by atoms with van der Waals surface area (Å²) in [4.78, 5) is 37.6. The number of alkyl halides is 9. The number of carbonyl (C=O) groups excluding carboxylic acids is 1. The number of nitrogens with zero attached hydrogens (tertiary/aromatic N) is 7. The van der Waals surface area contributed by atoms with Crippen LogP contribution < -0.4 is 21.6 Å². The van der Waals surface area contributed by atoms with E-state index >= 15 is 0 Å². The van der Waals surface area contributed by atoms with Gasteiger partial charge in [-0.1, -0.05) is 103 Å². The van der Waals surface area contributed by atoms with E-state index in [0.717, 1.165) is 97.4 Å². The Labute approximate surface area is 660 Å². The number of hydrogen-bond acceptors (Lipinski definition) is 15. The number of phenolic OH excluding ortho intramolecular Hbond substituents is 3. The SMILES string of the molecule is NOC(c1ccc(C(F)(F)F)cc1)c1cc2ccc3c4ccccc4[nH]c3c2c(N=Nc2ccc(N(c3ccc(N=Nc4c(O)c(CONc5ccc(C(F)(F)F)cc5)cc5ccc6c7ccccc7[nH]c6c45)cc3)c3ccc(N=Nc4c(O)c(C(=O)Nc5ccc(C(F)(F)F)cc5)cc5ccc6c7ccccc7[nH]c6c45)cc3)cc2)c1O. The van der Waals surface area contributed by atoms with Crippen LogP contribution in [-0.2, 0) is 34.8 Å². The second-order valence-corrected chi connectivity index (χ2v) is 27.9. The summed E-state index contributed by atoms with van der Waals surface area (Å²) in [6.45, 7) is -0.260. The molecule has 19 nitrogen and oxygen atoms in total. The number of halogens is 9. The molecule has 118 heavy (non-hydrogen) atoms. The lowest BCUT2D eigenvalue weighted by atomic mass is 9.94. The van der Waals surface area contributed by atoms with E-state index in [9.17, 15) is 59.6 Å². The number of fused-ring (bicyclic) bond motifs is 15. The van der Waals surface area contributed by atoms with E-state index in [1.807, 2.05) is 108 Å². The lowest BCUT2D eigenvalue weighted by Gasteiger charge is -2.25. The van der Waals surface area contributed by atoms with Gasteiger partial charge in [0, 0.05) is 98.9 Å². The Hall–Kier alpha value is -15.0. The smallest absolute Gasteiger partial charge is 0.416 e. The summed E-state index contributed by atoms with van der Waals surface area (Å²) in [7, 11) is 0. The number of nitrogens with two attached hydrogens (primary N) is 1. The molecule has 15 aromatic carbocycles. The number of aromatic nitrogens is 3. The van der Waals surface area contributed by atoms with Crippen LogP contribution in [0.25, 0.3) is 97.7 Å². The lowest BCUT2D eigenvalue weighted by Crippen LogP contribution is -2.13. The van der Waals surface area contributed by atoms with Crippen LogP contribution >= 0.6 is 0 Å². The normalized spacial score (nSPS) is 12.8. The highest BCUT2D eigenvalue weighted by atomic mass is 19.4. The van der Waals surface area contributed by atoms with Crippen molar-refractivity contribution in [3.05, 3.63) is 312 Å². The maximum absolute atomic E-state index is 14.1. The molecule has 18 aromatic rings. The Morgan fingerprint density at radius 1 is 0.407 bits per heavy atom. The predicted molar refractivity (Wildman–Crippen MR) is 436 cm³/mol. The average Bonchev–Trinajstić information content (AvgIpc) is 1.54. The molecule has 10 N–H and O–H groups in total. The zero-order chi connectivity index (χ0) is 81.5. The fourth-order valence-electron chi connectivity index (χ4n) is 15.0. The van der Waals surface area contributed by atoms with E-state index in [4.69, 9.17) is 30.9 Å². The van der Waals surface area contributed by atoms with Gasteiger partial charge in [0.15, 0.2) is 5.75 Å². The number of carbonyl (C=O) groups is 1. The van der Waals surface area contributed by atoms with Crippen molar-refractivity contribution in [1.29, 1.82) is 0 Å². The maximum atomic E-state index is 14.1. The van der Waals surface area contributed by atoms with Gasteiger partial charge in [-0.3, -0.25) is 19.9 Å². The fourth-order valence-corrected chi connectivity index (χ4v) is 15.0. The van der Waals surface area contributed by atoms with E-state index in [1.165, 1.54) is 30.3 Å². The number of para-hydroxylation sites is 3. The molecule has 18 rings (SSSR count). The van der Waals surface area contributed by atoms with E-state index < -0.39 is 58.7 Å². The first-order valence-corrected chi connectivity index (χ1v) is 36.5. The largest absolute Gasteiger partial charge is 0.505 e. The third-order valence-electron chi connectivity index (χ3n) is 20.7. The first-order chi connectivity index (χ1) is 57.0. The van der Waals surface area contributed by atoms with Crippen LogP contribution in [0.5, 0.6) is 17.2 Å². The highest BCUT2D eigenvalue weighted by Crippen LogP contribution is 2.51. The summed E-state index contributed by atoms with van der Waals surface area (Å²) in [5, 5.41) is 75.8. The molecule has 0 saturated heterocycles. The van der Waals surface area contributed by atoms with Crippen molar-refractivity contribution in [2.45, 2.75) is 31.2 Å². The number of phenols is 3. The predicted octanol–water partition coefficient (Wildman–Crippen LogP) is 26.7. The summed E-state index contributed by atoms with van der Waals surface area (Å²) in [6.07, 6.45) is -15.1. The molecular weight excluding hydrogens is 1530 g/mol. The molecule has 582 valence electrons. The fraction of sp³-hybridized carbons (Fsp3) is 0.0556. The Morgan fingerprint density at radius 2 is 0.780 bits per heavy atom. The van der Waals surface area contributed by atoms with E-state index in [2.05, 4.69) is 41.1 Å². The first kappa shape index (κ1) is 74.4. The molecule has 0 radical (unpaired) electrons. The van der Waals surface area contributed by atoms with Gasteiger partial charge in [0.05, 0.1) is 61.6 Å². The van der Waals surface area contributed by atoms with Crippen molar-refractivity contribution in [3.63, 3.8) is 0 Å². The Bertz CT molecular complexity index is 7110. The van der Waals surface area contributed by atoms with Gasteiger partial charge < -0.3 is 40.5 Å². The van der Waals surface area contributed by atoms with Crippen LogP contribution in [0, 0.1) is 0 Å². The van der Waals surface area contributed by atoms with Gasteiger partial charge in [-0.2, -0.15) is 54.9 Å². The van der Waals surface area contributed by atoms with Crippen LogP contribution in [0.1, 0.15) is 49.8 Å². The van der Waals surface area contributed by atoms with Crippen LogP contribution in [0.3, 0.4) is 0 Å². The van der Waals surface area contributed by atoms with E-state index in [0.29, 0.717) is 77.3 Å². The van der Waals surface area contributed by atoms with Crippen LogP contribution in [0.2, 0.25) is 0 Å². The number of hydrogen-bond donors (Lipinski definition) is 9. The second kappa shape index (κ2) is 29.4. The molecule has 0 aliphatic heterocycles. The van der Waals surface area contributed by atoms with E-state index in [-0.39, 0.29) is 68.7 Å². The summed E-state index contributed by atoms with van der Waals surface area (Å²) >= 11 is 0. The third kappa shape index (κ3) is 13.9. The number of aromatic hydroxyl groups is 3. The van der Waals surface area contributed by atoms with Crippen molar-refractivity contribution in [3.8, 4) is 17.2 Å². The number of aromatic amines is 3. The van der Waals surface area contributed by atoms with Crippen LogP contribution in [0.15, 0.2) is 304 Å². The highest BCUT2D eigenvalue weighted by Gasteiger charge is 2.34. The molecule has 1 atom stereocenters. The third-order valence-corrected chi connectivity index (χ3v) is 20.7. The number of nitrogens with one attached hydrogen (secondary N) is 5. The number of H-pyrrole nitrogens is 3. The molecule has 0 bridgehead atoms. The number of benzene rings is 15. The maximum Gasteiger partial charge on any atom is 0.416 e. The van der Waals surface area contributed by atoms with Crippen molar-refractivity contribution in [1.82, 2.24) is 15.0 Å². The van der Waals surface area contributed by atoms with Gasteiger partial charge in [0.2, 0.25) is 0 Å². The molecule has 0 saturated carbocycles. The van der Waals surface area contributed by atoms with Crippen LogP contribution in [0.4, 0.5) is 102 Å². The summed E-state index contributed by atoms with van der Waals surface area (Å²) in [5.41, 5.74) is 7.44. The van der Waals surface area contributed by atoms with Crippen molar-refractivity contribution in [2.75, 3.05) is 15.7 Å². The molecule has 3 heterocycles. The van der Waals surface area contributed by atoms with Gasteiger partial charge in [-0.15, -0.1) is 15.3 Å². The molecule has 0 spiro atoms. The first-order valence-electron chi connectivity index (χ1n) is 36.5. The number of azo groups is 3. The van der Waals surface area contributed by atoms with Gasteiger partial charge >= 0.3 is 18.5 Å². The number of rotatable bonds is 18. The van der Waals surface area contributed by atoms with Crippen molar-refractivity contribution < 1.29 is 69.3 Å². The Morgan fingerprint density at radius 3 is 1.19 bits per heavy atom. The molecule has 28 heteroatoms. The van der Waals surface area contributed by atoms with E-state index in [1.54, 1.807) is 91.0 Å². The topological polar surface area (TPSA) is 271 Å². The average molecular weight is 1590 g/mol. The lowest BCUT2D eigenvalue weighted by molar-refractivity contribution is -0.138. The van der Waals surface area contributed by atoms with Gasteiger partial charge in [0.1, 0.15) is 41.3 Å². The minimum atomic E-state index is -4.63. The van der Waals surface area contributed by atoms with Gasteiger partial charge in [-0.05, 0) is 192 Å². The monoisotopic (exact) mass is 1590 g/mol. The molecule has 0 fully saturated rings. The van der Waals surface area contributed by atoms with Crippen molar-refractivity contribution >= 4 is 166 Å². The zero-order valence-corrected chi connectivity index (χ0v) is 60.9. The molecular formula is C90H58F9N13O6. The molecule has 0 aliphatic rings. The number of anilines is 5. The molecule has 3 aromatic heterocycles. The minimum absolute atomic E-state index is 0.00775. The summed E-state index contributed by atoms with van der Waals surface area (Å²) in [5.74, 6) is 3.82. The molecule has 0 aliphatic carbocycles. The van der Waals surface area contributed by atoms with Gasteiger partial charge in [-0.25, -0.2) is 5.90 Å². The minimum Gasteiger partial charge on any atom is -0.505 e. The highest BCUT2D eigenvalue weighted by molar-refractivity contribution is 6.24. The summed E-state index contributed by atoms with van der Waals surface area (Å²) < 4.78 is 122. The molecule has 1 amide bonds.